The van der Waals surface area contributed by atoms with Crippen LogP contribution in [0.25, 0.3) is 21.3 Å². The fourth-order valence-corrected chi connectivity index (χ4v) is 3.81. The van der Waals surface area contributed by atoms with E-state index in [2.05, 4.69) is 55.0 Å². The van der Waals surface area contributed by atoms with E-state index in [4.69, 9.17) is 11.6 Å². The molecular formula is C19H21ClN2OS. The number of aromatic nitrogens is 2. The molecule has 0 atom stereocenters. The summed E-state index contributed by atoms with van der Waals surface area (Å²) in [5.74, 6) is 1.28. The van der Waals surface area contributed by atoms with Gasteiger partial charge in [0.25, 0.3) is 5.56 Å². The summed E-state index contributed by atoms with van der Waals surface area (Å²) in [6.45, 7) is 6.58. The monoisotopic (exact) mass is 360 g/mol. The van der Waals surface area contributed by atoms with E-state index in [1.54, 1.807) is 0 Å². The van der Waals surface area contributed by atoms with Gasteiger partial charge in [-0.25, -0.2) is 4.98 Å². The molecule has 2 aromatic heterocycles. The largest absolute Gasteiger partial charge is 0.310 e. The van der Waals surface area contributed by atoms with Gasteiger partial charge in [0.15, 0.2) is 0 Å². The van der Waals surface area contributed by atoms with Gasteiger partial charge in [-0.15, -0.1) is 22.9 Å². The van der Waals surface area contributed by atoms with Crippen LogP contribution in [0.15, 0.2) is 34.4 Å². The van der Waals surface area contributed by atoms with E-state index in [1.165, 1.54) is 16.9 Å². The van der Waals surface area contributed by atoms with Crippen molar-refractivity contribution in [2.45, 2.75) is 39.0 Å². The lowest BCUT2D eigenvalue weighted by Gasteiger charge is -2.19. The number of nitrogens with one attached hydrogen (secondary N) is 1. The molecule has 1 N–H and O–H groups in total. The predicted octanol–water partition coefficient (Wildman–Crippen LogP) is 5.12. The minimum atomic E-state index is -0.0688. The molecule has 0 unspecified atom stereocenters. The molecule has 0 bridgehead atoms. The summed E-state index contributed by atoms with van der Waals surface area (Å²) in [4.78, 5) is 20.8. The second-order valence-corrected chi connectivity index (χ2v) is 8.20. The number of alkyl halides is 1. The Morgan fingerprint density at radius 2 is 1.92 bits per heavy atom. The Hall–Kier alpha value is -1.65. The first-order chi connectivity index (χ1) is 11.4. The highest BCUT2D eigenvalue weighted by Crippen LogP contribution is 2.32. The number of nitrogens with zero attached hydrogens (tertiary/aromatic N) is 1. The second kappa shape index (κ2) is 6.69. The Kier molecular flexibility index (Phi) is 4.79. The van der Waals surface area contributed by atoms with Crippen LogP contribution in [0.1, 0.15) is 38.6 Å². The standard InChI is InChI=1S/C19H21ClN2OS/c1-19(2,3)13-8-6-12(7-9-13)14-11-24-18-16(14)17(23)21-15(22-18)5-4-10-20/h6-9,11H,4-5,10H2,1-3H3,(H,21,22,23). The molecule has 0 aliphatic carbocycles. The molecule has 3 rings (SSSR count). The predicted molar refractivity (Wildman–Crippen MR) is 103 cm³/mol. The van der Waals surface area contributed by atoms with E-state index >= 15 is 0 Å². The Morgan fingerprint density at radius 3 is 2.54 bits per heavy atom. The van der Waals surface area contributed by atoms with Crippen molar-refractivity contribution < 1.29 is 0 Å². The number of H-pyrrole nitrogens is 1. The van der Waals surface area contributed by atoms with E-state index in [0.717, 1.165) is 22.4 Å². The van der Waals surface area contributed by atoms with Gasteiger partial charge in [-0.2, -0.15) is 0 Å². The van der Waals surface area contributed by atoms with Crippen LogP contribution in [0, 0.1) is 0 Å². The zero-order valence-corrected chi connectivity index (χ0v) is 15.7. The van der Waals surface area contributed by atoms with Gasteiger partial charge in [-0.3, -0.25) is 4.79 Å². The molecule has 5 heteroatoms. The summed E-state index contributed by atoms with van der Waals surface area (Å²) in [6.07, 6.45) is 1.50. The Morgan fingerprint density at radius 1 is 1.21 bits per heavy atom. The zero-order valence-electron chi connectivity index (χ0n) is 14.1. The number of halogens is 1. The number of hydrogen-bond acceptors (Lipinski definition) is 3. The summed E-state index contributed by atoms with van der Waals surface area (Å²) in [5.41, 5.74) is 3.33. The SMILES string of the molecule is CC(C)(C)c1ccc(-c2csc3nc(CCCCl)[nH]c(=O)c23)cc1. The highest BCUT2D eigenvalue weighted by Gasteiger charge is 2.16. The van der Waals surface area contributed by atoms with E-state index in [0.29, 0.717) is 23.5 Å². The van der Waals surface area contributed by atoms with Crippen LogP contribution in [-0.4, -0.2) is 15.8 Å². The maximum Gasteiger partial charge on any atom is 0.260 e. The number of fused-ring (bicyclic) bond motifs is 1. The van der Waals surface area contributed by atoms with Crippen molar-refractivity contribution in [2.24, 2.45) is 0 Å². The lowest BCUT2D eigenvalue weighted by atomic mass is 9.86. The van der Waals surface area contributed by atoms with Gasteiger partial charge in [-0.1, -0.05) is 45.0 Å². The smallest absolute Gasteiger partial charge is 0.260 e. The van der Waals surface area contributed by atoms with Crippen molar-refractivity contribution in [2.75, 3.05) is 5.88 Å². The van der Waals surface area contributed by atoms with Gasteiger partial charge in [0, 0.05) is 23.2 Å². The first-order valence-electron chi connectivity index (χ1n) is 8.07. The average molecular weight is 361 g/mol. The molecule has 0 aliphatic heterocycles. The normalized spacial score (nSPS) is 12.0. The summed E-state index contributed by atoms with van der Waals surface area (Å²) >= 11 is 7.24. The number of aryl methyl sites for hydroxylation is 1. The lowest BCUT2D eigenvalue weighted by molar-refractivity contribution is 0.590. The van der Waals surface area contributed by atoms with Crippen LogP contribution < -0.4 is 5.56 Å². The molecule has 3 nitrogen and oxygen atoms in total. The fraction of sp³-hybridized carbons (Fsp3) is 0.368. The van der Waals surface area contributed by atoms with Crippen LogP contribution in [0.4, 0.5) is 0 Å². The third-order valence-electron chi connectivity index (χ3n) is 4.10. The number of benzene rings is 1. The second-order valence-electron chi connectivity index (χ2n) is 6.96. The Balaban J connectivity index is 2.03. The van der Waals surface area contributed by atoms with Crippen LogP contribution in [0.3, 0.4) is 0 Å². The molecule has 0 saturated carbocycles. The molecule has 3 aromatic rings. The van der Waals surface area contributed by atoms with Crippen molar-refractivity contribution >= 4 is 33.2 Å². The summed E-state index contributed by atoms with van der Waals surface area (Å²) in [7, 11) is 0. The van der Waals surface area contributed by atoms with Crippen molar-refractivity contribution in [3.63, 3.8) is 0 Å². The molecule has 0 saturated heterocycles. The topological polar surface area (TPSA) is 45.8 Å². The van der Waals surface area contributed by atoms with Crippen molar-refractivity contribution in [1.29, 1.82) is 0 Å². The highest BCUT2D eigenvalue weighted by molar-refractivity contribution is 7.17. The van der Waals surface area contributed by atoms with Crippen molar-refractivity contribution in [1.82, 2.24) is 9.97 Å². The maximum atomic E-state index is 12.5. The first-order valence-corrected chi connectivity index (χ1v) is 9.49. The van der Waals surface area contributed by atoms with Crippen LogP contribution in [-0.2, 0) is 11.8 Å². The lowest BCUT2D eigenvalue weighted by Crippen LogP contribution is -2.12. The van der Waals surface area contributed by atoms with Gasteiger partial charge < -0.3 is 4.98 Å². The average Bonchev–Trinajstić information content (AvgIpc) is 2.96. The molecule has 1 aromatic carbocycles. The fourth-order valence-electron chi connectivity index (χ4n) is 2.71. The van der Waals surface area contributed by atoms with E-state index in [1.807, 2.05) is 5.38 Å². The number of thiophene rings is 1. The van der Waals surface area contributed by atoms with E-state index in [-0.39, 0.29) is 11.0 Å². The van der Waals surface area contributed by atoms with Gasteiger partial charge in [0.2, 0.25) is 0 Å². The third kappa shape index (κ3) is 3.40. The van der Waals surface area contributed by atoms with Crippen molar-refractivity contribution in [3.8, 4) is 11.1 Å². The van der Waals surface area contributed by atoms with Crippen LogP contribution in [0.5, 0.6) is 0 Å². The molecule has 126 valence electrons. The maximum absolute atomic E-state index is 12.5. The molecule has 0 aliphatic rings. The van der Waals surface area contributed by atoms with Gasteiger partial charge in [0.05, 0.1) is 5.39 Å². The molecule has 24 heavy (non-hydrogen) atoms. The minimum absolute atomic E-state index is 0.0688. The Bertz CT molecular complexity index is 904. The van der Waals surface area contributed by atoms with E-state index < -0.39 is 0 Å². The van der Waals surface area contributed by atoms with Gasteiger partial charge in [-0.05, 0) is 23.0 Å². The number of rotatable bonds is 4. The molecule has 0 spiro atoms. The van der Waals surface area contributed by atoms with Crippen LogP contribution >= 0.6 is 22.9 Å². The molecule has 2 heterocycles. The van der Waals surface area contributed by atoms with Crippen molar-refractivity contribution in [3.05, 3.63) is 51.4 Å². The molecular weight excluding hydrogens is 340 g/mol. The molecule has 0 radical (unpaired) electrons. The number of hydrogen-bond donors (Lipinski definition) is 1. The number of aromatic amines is 1. The minimum Gasteiger partial charge on any atom is -0.310 e. The zero-order chi connectivity index (χ0) is 17.3. The molecule has 0 fully saturated rings. The summed E-state index contributed by atoms with van der Waals surface area (Å²) in [6, 6.07) is 8.44. The third-order valence-corrected chi connectivity index (χ3v) is 5.24. The Labute approximate surface area is 150 Å². The van der Waals surface area contributed by atoms with Crippen LogP contribution in [0.2, 0.25) is 0 Å². The highest BCUT2D eigenvalue weighted by atomic mass is 35.5. The summed E-state index contributed by atoms with van der Waals surface area (Å²) < 4.78 is 0. The summed E-state index contributed by atoms with van der Waals surface area (Å²) in [5, 5.41) is 2.70. The quantitative estimate of drug-likeness (QED) is 0.656. The van der Waals surface area contributed by atoms with E-state index in [9.17, 15) is 4.79 Å². The first kappa shape index (κ1) is 17.2. The van der Waals surface area contributed by atoms with Gasteiger partial charge in [0.1, 0.15) is 10.7 Å². The van der Waals surface area contributed by atoms with Gasteiger partial charge >= 0.3 is 0 Å². The molecule has 0 amide bonds.